The van der Waals surface area contributed by atoms with Gasteiger partial charge in [0.25, 0.3) is 0 Å². The Kier molecular flexibility index (Phi) is 3.69. The Hall–Kier alpha value is -0.830. The Labute approximate surface area is 86.5 Å². The number of hydrogen-bond donors (Lipinski definition) is 1. The molecule has 0 aliphatic heterocycles. The van der Waals surface area contributed by atoms with Crippen LogP contribution in [0.25, 0.3) is 0 Å². The topological polar surface area (TPSA) is 29.9 Å². The van der Waals surface area contributed by atoms with Crippen LogP contribution in [0.5, 0.6) is 0 Å². The van der Waals surface area contributed by atoms with E-state index in [1.807, 2.05) is 19.3 Å². The van der Waals surface area contributed by atoms with Gasteiger partial charge in [-0.2, -0.15) is 0 Å². The molecule has 0 saturated heterocycles. The molecule has 0 fully saturated rings. The van der Waals surface area contributed by atoms with Crippen LogP contribution in [-0.4, -0.2) is 22.6 Å². The fourth-order valence-electron chi connectivity index (χ4n) is 1.55. The lowest BCUT2D eigenvalue weighted by molar-refractivity contribution is 0.289. The monoisotopic (exact) mass is 195 g/mol. The zero-order valence-corrected chi connectivity index (χ0v) is 9.67. The van der Waals surface area contributed by atoms with E-state index in [1.165, 1.54) is 0 Å². The molecule has 0 spiro atoms. The standard InChI is InChI=1S/C11H21N3/c1-5-12-8-11(3,4)9-14-7-6-13-10(14)2/h6-7,12H,5,8-9H2,1-4H3. The molecule has 1 heterocycles. The first-order valence-corrected chi connectivity index (χ1v) is 5.23. The maximum absolute atomic E-state index is 4.22. The van der Waals surface area contributed by atoms with Gasteiger partial charge in [0, 0.05) is 25.5 Å². The van der Waals surface area contributed by atoms with Crippen molar-refractivity contribution in [3.05, 3.63) is 18.2 Å². The molecule has 1 N–H and O–H groups in total. The van der Waals surface area contributed by atoms with Gasteiger partial charge in [0.15, 0.2) is 0 Å². The van der Waals surface area contributed by atoms with Crippen LogP contribution in [0.15, 0.2) is 12.4 Å². The van der Waals surface area contributed by atoms with Crippen molar-refractivity contribution in [3.63, 3.8) is 0 Å². The third kappa shape index (κ3) is 3.14. The van der Waals surface area contributed by atoms with Gasteiger partial charge < -0.3 is 9.88 Å². The molecule has 0 amide bonds. The summed E-state index contributed by atoms with van der Waals surface area (Å²) in [5.74, 6) is 1.09. The number of hydrogen-bond acceptors (Lipinski definition) is 2. The molecular formula is C11H21N3. The zero-order valence-electron chi connectivity index (χ0n) is 9.67. The highest BCUT2D eigenvalue weighted by atomic mass is 15.1. The van der Waals surface area contributed by atoms with Crippen molar-refractivity contribution >= 4 is 0 Å². The smallest absolute Gasteiger partial charge is 0.105 e. The third-order valence-electron chi connectivity index (χ3n) is 2.38. The lowest BCUT2D eigenvalue weighted by atomic mass is 9.93. The van der Waals surface area contributed by atoms with E-state index >= 15 is 0 Å². The summed E-state index contributed by atoms with van der Waals surface area (Å²) in [5.41, 5.74) is 0.279. The molecule has 14 heavy (non-hydrogen) atoms. The fraction of sp³-hybridized carbons (Fsp3) is 0.727. The highest BCUT2D eigenvalue weighted by Crippen LogP contribution is 2.17. The van der Waals surface area contributed by atoms with Crippen molar-refractivity contribution in [2.45, 2.75) is 34.2 Å². The second kappa shape index (κ2) is 4.60. The number of nitrogens with one attached hydrogen (secondary N) is 1. The first-order valence-electron chi connectivity index (χ1n) is 5.23. The molecule has 0 aliphatic rings. The molecule has 3 heteroatoms. The van der Waals surface area contributed by atoms with Crippen LogP contribution in [0, 0.1) is 12.3 Å². The summed E-state index contributed by atoms with van der Waals surface area (Å²) >= 11 is 0. The maximum Gasteiger partial charge on any atom is 0.105 e. The molecule has 80 valence electrons. The number of rotatable bonds is 5. The minimum atomic E-state index is 0.279. The molecule has 0 saturated carbocycles. The molecule has 1 aromatic heterocycles. The largest absolute Gasteiger partial charge is 0.335 e. The Morgan fingerprint density at radius 1 is 1.50 bits per heavy atom. The highest BCUT2D eigenvalue weighted by Gasteiger charge is 2.18. The maximum atomic E-state index is 4.22. The zero-order chi connectivity index (χ0) is 10.6. The highest BCUT2D eigenvalue weighted by molar-refractivity contribution is 4.90. The quantitative estimate of drug-likeness (QED) is 0.776. The van der Waals surface area contributed by atoms with Gasteiger partial charge >= 0.3 is 0 Å². The van der Waals surface area contributed by atoms with Gasteiger partial charge in [0.05, 0.1) is 0 Å². The summed E-state index contributed by atoms with van der Waals surface area (Å²) in [6.07, 6.45) is 3.90. The molecule has 0 radical (unpaired) electrons. The molecule has 1 aromatic rings. The molecule has 0 aromatic carbocycles. The van der Waals surface area contributed by atoms with Gasteiger partial charge in [-0.3, -0.25) is 0 Å². The lowest BCUT2D eigenvalue weighted by Gasteiger charge is -2.25. The Bertz CT molecular complexity index is 276. The van der Waals surface area contributed by atoms with Crippen LogP contribution in [0.2, 0.25) is 0 Å². The van der Waals surface area contributed by atoms with Gasteiger partial charge in [-0.15, -0.1) is 0 Å². The van der Waals surface area contributed by atoms with E-state index in [1.54, 1.807) is 0 Å². The number of aryl methyl sites for hydroxylation is 1. The van der Waals surface area contributed by atoms with Crippen molar-refractivity contribution in [1.29, 1.82) is 0 Å². The predicted octanol–water partition coefficient (Wildman–Crippen LogP) is 1.83. The van der Waals surface area contributed by atoms with Gasteiger partial charge in [0.1, 0.15) is 5.82 Å². The molecule has 0 unspecified atom stereocenters. The summed E-state index contributed by atoms with van der Waals surface area (Å²) in [6, 6.07) is 0. The summed E-state index contributed by atoms with van der Waals surface area (Å²) in [5, 5.41) is 3.39. The average Bonchev–Trinajstić information content (AvgIpc) is 2.48. The summed E-state index contributed by atoms with van der Waals surface area (Å²) in [6.45, 7) is 11.8. The molecule has 1 rings (SSSR count). The Balaban J connectivity index is 2.54. The van der Waals surface area contributed by atoms with E-state index < -0.39 is 0 Å². The second-order valence-corrected chi connectivity index (χ2v) is 4.55. The van der Waals surface area contributed by atoms with E-state index in [2.05, 4.69) is 35.6 Å². The first-order chi connectivity index (χ1) is 6.55. The number of imidazole rings is 1. The summed E-state index contributed by atoms with van der Waals surface area (Å²) in [4.78, 5) is 4.22. The molecule has 0 aliphatic carbocycles. The Morgan fingerprint density at radius 2 is 2.21 bits per heavy atom. The van der Waals surface area contributed by atoms with Gasteiger partial charge in [-0.25, -0.2) is 4.98 Å². The summed E-state index contributed by atoms with van der Waals surface area (Å²) < 4.78 is 2.21. The fourth-order valence-corrected chi connectivity index (χ4v) is 1.55. The minimum absolute atomic E-state index is 0.279. The van der Waals surface area contributed by atoms with Crippen LogP contribution in [0.3, 0.4) is 0 Å². The SMILES string of the molecule is CCNCC(C)(C)Cn1ccnc1C. The van der Waals surface area contributed by atoms with Crippen LogP contribution >= 0.6 is 0 Å². The van der Waals surface area contributed by atoms with Gasteiger partial charge in [-0.1, -0.05) is 20.8 Å². The first kappa shape index (κ1) is 11.2. The van der Waals surface area contributed by atoms with Crippen molar-refractivity contribution in [2.75, 3.05) is 13.1 Å². The van der Waals surface area contributed by atoms with Crippen molar-refractivity contribution in [2.24, 2.45) is 5.41 Å². The lowest BCUT2D eigenvalue weighted by Crippen LogP contribution is -2.33. The predicted molar refractivity (Wildman–Crippen MR) is 59.3 cm³/mol. The van der Waals surface area contributed by atoms with E-state index in [0.29, 0.717) is 0 Å². The molecule has 0 bridgehead atoms. The van der Waals surface area contributed by atoms with Crippen molar-refractivity contribution in [1.82, 2.24) is 14.9 Å². The van der Waals surface area contributed by atoms with E-state index in [9.17, 15) is 0 Å². The average molecular weight is 195 g/mol. The van der Waals surface area contributed by atoms with Gasteiger partial charge in [0.2, 0.25) is 0 Å². The minimum Gasteiger partial charge on any atom is -0.335 e. The normalized spacial score (nSPS) is 12.0. The number of nitrogens with zero attached hydrogens (tertiary/aromatic N) is 2. The molecular weight excluding hydrogens is 174 g/mol. The number of aromatic nitrogens is 2. The van der Waals surface area contributed by atoms with Crippen LogP contribution in [-0.2, 0) is 6.54 Å². The van der Waals surface area contributed by atoms with Crippen LogP contribution < -0.4 is 5.32 Å². The van der Waals surface area contributed by atoms with E-state index in [0.717, 1.165) is 25.5 Å². The van der Waals surface area contributed by atoms with Crippen LogP contribution in [0.4, 0.5) is 0 Å². The van der Waals surface area contributed by atoms with E-state index in [4.69, 9.17) is 0 Å². The van der Waals surface area contributed by atoms with E-state index in [-0.39, 0.29) is 5.41 Å². The molecule has 3 nitrogen and oxygen atoms in total. The van der Waals surface area contributed by atoms with Gasteiger partial charge in [-0.05, 0) is 18.9 Å². The van der Waals surface area contributed by atoms with Crippen molar-refractivity contribution < 1.29 is 0 Å². The molecule has 0 atom stereocenters. The Morgan fingerprint density at radius 3 is 2.71 bits per heavy atom. The van der Waals surface area contributed by atoms with Crippen LogP contribution in [0.1, 0.15) is 26.6 Å². The van der Waals surface area contributed by atoms with Crippen molar-refractivity contribution in [3.8, 4) is 0 Å². The summed E-state index contributed by atoms with van der Waals surface area (Å²) in [7, 11) is 0. The second-order valence-electron chi connectivity index (χ2n) is 4.55. The third-order valence-corrected chi connectivity index (χ3v) is 2.38.